The molecule has 1 N–H and O–H groups in total. The minimum absolute atomic E-state index is 0.133. The minimum Gasteiger partial charge on any atom is -0.463 e. The second-order valence-electron chi connectivity index (χ2n) is 5.41. The van der Waals surface area contributed by atoms with Crippen LogP contribution in [0.3, 0.4) is 0 Å². The van der Waals surface area contributed by atoms with Gasteiger partial charge in [0.15, 0.2) is 0 Å². The van der Waals surface area contributed by atoms with Crippen LogP contribution < -0.4 is 5.32 Å². The lowest BCUT2D eigenvalue weighted by Crippen LogP contribution is -2.13. The average molecular weight is 323 g/mol. The number of nitrogens with one attached hydrogen (secondary N) is 1. The van der Waals surface area contributed by atoms with Crippen LogP contribution in [0.1, 0.15) is 34.0 Å². The van der Waals surface area contributed by atoms with Gasteiger partial charge in [-0.1, -0.05) is 24.3 Å². The van der Waals surface area contributed by atoms with Crippen LogP contribution in [0.2, 0.25) is 0 Å². The van der Waals surface area contributed by atoms with Crippen LogP contribution in [0.15, 0.2) is 48.5 Å². The lowest BCUT2D eigenvalue weighted by Gasteiger charge is -2.09. The molecule has 1 amide bonds. The van der Waals surface area contributed by atoms with Gasteiger partial charge in [0.05, 0.1) is 6.61 Å². The van der Waals surface area contributed by atoms with Gasteiger partial charge in [0, 0.05) is 17.3 Å². The Balaban J connectivity index is 2.05. The number of amides is 1. The van der Waals surface area contributed by atoms with Crippen molar-refractivity contribution < 1.29 is 14.3 Å². The Labute approximate surface area is 142 Å². The van der Waals surface area contributed by atoms with E-state index in [2.05, 4.69) is 5.32 Å². The first-order valence-electron chi connectivity index (χ1n) is 7.83. The summed E-state index contributed by atoms with van der Waals surface area (Å²) in [5, 5.41) is 2.88. The fourth-order valence-corrected chi connectivity index (χ4v) is 2.23. The normalized spacial score (nSPS) is 10.6. The number of hydrogen-bond donors (Lipinski definition) is 1. The summed E-state index contributed by atoms with van der Waals surface area (Å²) in [5.74, 6) is -0.504. The molecule has 124 valence electrons. The van der Waals surface area contributed by atoms with Gasteiger partial charge < -0.3 is 10.1 Å². The number of benzene rings is 2. The lowest BCUT2D eigenvalue weighted by atomic mass is 10.0. The van der Waals surface area contributed by atoms with E-state index in [1.807, 2.05) is 44.2 Å². The number of rotatable bonds is 5. The fourth-order valence-electron chi connectivity index (χ4n) is 2.23. The highest BCUT2D eigenvalue weighted by Crippen LogP contribution is 2.16. The van der Waals surface area contributed by atoms with Crippen LogP contribution in [0, 0.1) is 13.8 Å². The van der Waals surface area contributed by atoms with Gasteiger partial charge in [0.2, 0.25) is 0 Å². The van der Waals surface area contributed by atoms with Crippen molar-refractivity contribution in [3.8, 4) is 0 Å². The van der Waals surface area contributed by atoms with Crippen molar-refractivity contribution in [1.82, 2.24) is 0 Å². The van der Waals surface area contributed by atoms with E-state index in [9.17, 15) is 9.59 Å². The number of ether oxygens (including phenoxy) is 1. The summed E-state index contributed by atoms with van der Waals surface area (Å²) in [6, 6.07) is 12.9. The second-order valence-corrected chi connectivity index (χ2v) is 5.41. The quantitative estimate of drug-likeness (QED) is 0.665. The third-order valence-corrected chi connectivity index (χ3v) is 3.72. The van der Waals surface area contributed by atoms with Gasteiger partial charge in [-0.2, -0.15) is 0 Å². The van der Waals surface area contributed by atoms with E-state index in [0.717, 1.165) is 16.7 Å². The van der Waals surface area contributed by atoms with Gasteiger partial charge in [-0.15, -0.1) is 0 Å². The predicted molar refractivity (Wildman–Crippen MR) is 96.0 cm³/mol. The molecule has 0 saturated heterocycles. The van der Waals surface area contributed by atoms with Gasteiger partial charge >= 0.3 is 5.97 Å². The Morgan fingerprint density at radius 3 is 2.46 bits per heavy atom. The molecule has 0 fully saturated rings. The second kappa shape index (κ2) is 8.11. The van der Waals surface area contributed by atoms with Gasteiger partial charge in [-0.05, 0) is 61.7 Å². The maximum atomic E-state index is 12.4. The van der Waals surface area contributed by atoms with Crippen LogP contribution in [0.25, 0.3) is 6.08 Å². The van der Waals surface area contributed by atoms with Crippen molar-refractivity contribution in [2.75, 3.05) is 11.9 Å². The molecule has 0 saturated carbocycles. The molecule has 0 aliphatic heterocycles. The minimum atomic E-state index is -0.371. The summed E-state index contributed by atoms with van der Waals surface area (Å²) < 4.78 is 4.83. The number of carbonyl (C=O) groups is 2. The summed E-state index contributed by atoms with van der Waals surface area (Å²) in [6.45, 7) is 6.04. The van der Waals surface area contributed by atoms with Crippen molar-refractivity contribution >= 4 is 23.6 Å². The number of anilines is 1. The number of esters is 1. The molecule has 0 atom stereocenters. The summed E-state index contributed by atoms with van der Waals surface area (Å²) >= 11 is 0. The summed E-state index contributed by atoms with van der Waals surface area (Å²) in [4.78, 5) is 23.7. The predicted octanol–water partition coefficient (Wildman–Crippen LogP) is 4.13. The molecule has 0 spiro atoms. The van der Waals surface area contributed by atoms with Gasteiger partial charge in [0.25, 0.3) is 5.91 Å². The maximum absolute atomic E-state index is 12.4. The average Bonchev–Trinajstić information content (AvgIpc) is 2.57. The van der Waals surface area contributed by atoms with Crippen molar-refractivity contribution in [3.63, 3.8) is 0 Å². The van der Waals surface area contributed by atoms with Gasteiger partial charge in [0.1, 0.15) is 0 Å². The SMILES string of the molecule is CCOC(=O)/C=C/c1ccc(NC(=O)c2cccc(C)c2C)cc1. The largest absolute Gasteiger partial charge is 0.463 e. The van der Waals surface area contributed by atoms with Gasteiger partial charge in [-0.3, -0.25) is 4.79 Å². The number of aryl methyl sites for hydroxylation is 1. The van der Waals surface area contributed by atoms with Crippen LogP contribution in [-0.2, 0) is 9.53 Å². The summed E-state index contributed by atoms with van der Waals surface area (Å²) in [6.07, 6.45) is 3.06. The Bertz CT molecular complexity index is 761. The molecular formula is C20H21NO3. The molecule has 4 heteroatoms. The molecule has 2 rings (SSSR count). The molecule has 2 aromatic rings. The van der Waals surface area contributed by atoms with E-state index < -0.39 is 0 Å². The molecule has 24 heavy (non-hydrogen) atoms. The van der Waals surface area contributed by atoms with Crippen LogP contribution in [-0.4, -0.2) is 18.5 Å². The van der Waals surface area contributed by atoms with Crippen molar-refractivity contribution in [1.29, 1.82) is 0 Å². The molecule has 4 nitrogen and oxygen atoms in total. The smallest absolute Gasteiger partial charge is 0.330 e. The molecule has 0 aromatic heterocycles. The van der Waals surface area contributed by atoms with E-state index in [-0.39, 0.29) is 11.9 Å². The first kappa shape index (κ1) is 17.5. The van der Waals surface area contributed by atoms with Gasteiger partial charge in [-0.25, -0.2) is 4.79 Å². The highest BCUT2D eigenvalue weighted by Gasteiger charge is 2.10. The Morgan fingerprint density at radius 1 is 1.08 bits per heavy atom. The summed E-state index contributed by atoms with van der Waals surface area (Å²) in [7, 11) is 0. The van der Waals surface area contributed by atoms with E-state index in [4.69, 9.17) is 4.74 Å². The molecule has 0 aliphatic carbocycles. The molecule has 0 radical (unpaired) electrons. The van der Waals surface area contributed by atoms with E-state index in [0.29, 0.717) is 17.9 Å². The molecule has 0 heterocycles. The van der Waals surface area contributed by atoms with Crippen molar-refractivity contribution in [2.45, 2.75) is 20.8 Å². The summed E-state index contributed by atoms with van der Waals surface area (Å²) in [5.41, 5.74) is 4.29. The zero-order chi connectivity index (χ0) is 17.5. The first-order chi connectivity index (χ1) is 11.5. The Morgan fingerprint density at radius 2 is 1.79 bits per heavy atom. The topological polar surface area (TPSA) is 55.4 Å². The molecule has 2 aromatic carbocycles. The van der Waals surface area contributed by atoms with Crippen LogP contribution in [0.4, 0.5) is 5.69 Å². The highest BCUT2D eigenvalue weighted by atomic mass is 16.5. The lowest BCUT2D eigenvalue weighted by molar-refractivity contribution is -0.137. The Hall–Kier alpha value is -2.88. The zero-order valence-electron chi connectivity index (χ0n) is 14.1. The number of carbonyl (C=O) groups excluding carboxylic acids is 2. The van der Waals surface area contributed by atoms with E-state index in [1.165, 1.54) is 6.08 Å². The Kier molecular flexibility index (Phi) is 5.90. The highest BCUT2D eigenvalue weighted by molar-refractivity contribution is 6.05. The number of hydrogen-bond acceptors (Lipinski definition) is 3. The monoisotopic (exact) mass is 323 g/mol. The molecule has 0 bridgehead atoms. The third-order valence-electron chi connectivity index (χ3n) is 3.72. The van der Waals surface area contributed by atoms with Crippen LogP contribution >= 0.6 is 0 Å². The molecule has 0 aliphatic rings. The standard InChI is InChI=1S/C20H21NO3/c1-4-24-19(22)13-10-16-8-11-17(12-9-16)21-20(23)18-7-5-6-14(2)15(18)3/h5-13H,4H2,1-3H3,(H,21,23)/b13-10+. The zero-order valence-corrected chi connectivity index (χ0v) is 14.1. The molecular weight excluding hydrogens is 302 g/mol. The van der Waals surface area contributed by atoms with Crippen molar-refractivity contribution in [2.24, 2.45) is 0 Å². The van der Waals surface area contributed by atoms with E-state index in [1.54, 1.807) is 25.1 Å². The van der Waals surface area contributed by atoms with Crippen molar-refractivity contribution in [3.05, 3.63) is 70.8 Å². The van der Waals surface area contributed by atoms with E-state index >= 15 is 0 Å². The maximum Gasteiger partial charge on any atom is 0.330 e. The first-order valence-corrected chi connectivity index (χ1v) is 7.83. The fraction of sp³-hybridized carbons (Fsp3) is 0.200. The third kappa shape index (κ3) is 4.56. The van der Waals surface area contributed by atoms with Crippen LogP contribution in [0.5, 0.6) is 0 Å². The molecule has 0 unspecified atom stereocenters.